The summed E-state index contributed by atoms with van der Waals surface area (Å²) >= 11 is 3.21. The Kier molecular flexibility index (Phi) is 4.70. The Morgan fingerprint density at radius 3 is 2.81 bits per heavy atom. The maximum atomic E-state index is 10.6. The van der Waals surface area contributed by atoms with Gasteiger partial charge in [0.1, 0.15) is 11.9 Å². The van der Waals surface area contributed by atoms with Gasteiger partial charge in [0.15, 0.2) is 0 Å². The van der Waals surface area contributed by atoms with Crippen molar-refractivity contribution >= 4 is 21.6 Å². The van der Waals surface area contributed by atoms with Gasteiger partial charge in [-0.1, -0.05) is 15.9 Å². The summed E-state index contributed by atoms with van der Waals surface area (Å²) in [4.78, 5) is 10.2. The Balaban J connectivity index is 2.84. The van der Waals surface area contributed by atoms with E-state index in [1.54, 1.807) is 6.07 Å². The number of benzene rings is 1. The van der Waals surface area contributed by atoms with Crippen LogP contribution in [-0.4, -0.2) is 24.6 Å². The summed E-state index contributed by atoms with van der Waals surface area (Å²) in [6.45, 7) is 2.57. The van der Waals surface area contributed by atoms with Crippen molar-refractivity contribution in [1.29, 1.82) is 0 Å². The smallest absolute Gasteiger partial charge is 0.274 e. The van der Waals surface area contributed by atoms with Crippen LogP contribution >= 0.6 is 15.9 Å². The lowest BCUT2D eigenvalue weighted by Gasteiger charge is -2.14. The number of ether oxygens (including phenoxy) is 1. The number of hydrogen-bond donors (Lipinski definition) is 1. The van der Waals surface area contributed by atoms with Crippen molar-refractivity contribution in [2.24, 2.45) is 0 Å². The number of non-ortho nitro benzene ring substituents is 1. The van der Waals surface area contributed by atoms with Crippen molar-refractivity contribution in [3.63, 3.8) is 0 Å². The summed E-state index contributed by atoms with van der Waals surface area (Å²) in [5.41, 5.74) is 0.0148. The number of nitrogens with zero attached hydrogens (tertiary/aromatic N) is 1. The molecule has 0 amide bonds. The van der Waals surface area contributed by atoms with Gasteiger partial charge >= 0.3 is 0 Å². The monoisotopic (exact) mass is 288 g/mol. The molecule has 0 spiro atoms. The molecule has 6 heteroatoms. The van der Waals surface area contributed by atoms with Gasteiger partial charge < -0.3 is 10.1 Å². The SMILES string of the molecule is CNCC(C)Oc1cc(Br)cc([N+](=O)[O-])c1. The third-order valence-electron chi connectivity index (χ3n) is 1.90. The van der Waals surface area contributed by atoms with Crippen LogP contribution in [-0.2, 0) is 0 Å². The normalized spacial score (nSPS) is 12.2. The molecule has 1 aromatic rings. The lowest BCUT2D eigenvalue weighted by atomic mass is 10.3. The molecule has 1 N–H and O–H groups in total. The summed E-state index contributed by atoms with van der Waals surface area (Å²) in [7, 11) is 1.82. The Hall–Kier alpha value is -1.14. The molecular weight excluding hydrogens is 276 g/mol. The van der Waals surface area contributed by atoms with Crippen LogP contribution in [0.25, 0.3) is 0 Å². The maximum Gasteiger partial charge on any atom is 0.274 e. The van der Waals surface area contributed by atoms with Gasteiger partial charge in [0, 0.05) is 17.1 Å². The standard InChI is InChI=1S/C10H13BrN2O3/c1-7(6-12-2)16-10-4-8(11)3-9(5-10)13(14)15/h3-5,7,12H,6H2,1-2H3. The fraction of sp³-hybridized carbons (Fsp3) is 0.400. The van der Waals surface area contributed by atoms with E-state index in [0.717, 1.165) is 0 Å². The summed E-state index contributed by atoms with van der Waals surface area (Å²) < 4.78 is 6.16. The second-order valence-electron chi connectivity index (χ2n) is 3.39. The molecule has 0 aliphatic rings. The highest BCUT2D eigenvalue weighted by molar-refractivity contribution is 9.10. The quantitative estimate of drug-likeness (QED) is 0.667. The Morgan fingerprint density at radius 1 is 1.56 bits per heavy atom. The molecule has 5 nitrogen and oxygen atoms in total. The summed E-state index contributed by atoms with van der Waals surface area (Å²) in [6.07, 6.45) is -0.0427. The van der Waals surface area contributed by atoms with Gasteiger partial charge in [0.05, 0.1) is 11.0 Å². The van der Waals surface area contributed by atoms with Crippen LogP contribution in [0.1, 0.15) is 6.92 Å². The zero-order valence-corrected chi connectivity index (χ0v) is 10.7. The zero-order chi connectivity index (χ0) is 12.1. The summed E-state index contributed by atoms with van der Waals surface area (Å²) in [5, 5.41) is 13.6. The van der Waals surface area contributed by atoms with Crippen LogP contribution in [0.4, 0.5) is 5.69 Å². The molecule has 0 radical (unpaired) electrons. The minimum Gasteiger partial charge on any atom is -0.489 e. The van der Waals surface area contributed by atoms with Gasteiger partial charge in [0.2, 0.25) is 0 Å². The van der Waals surface area contributed by atoms with Crippen molar-refractivity contribution < 1.29 is 9.66 Å². The van der Waals surface area contributed by atoms with Gasteiger partial charge in [0.25, 0.3) is 5.69 Å². The van der Waals surface area contributed by atoms with E-state index in [1.807, 2.05) is 14.0 Å². The van der Waals surface area contributed by atoms with Gasteiger partial charge in [-0.05, 0) is 20.0 Å². The minimum absolute atomic E-state index is 0.0148. The van der Waals surface area contributed by atoms with Crippen molar-refractivity contribution in [3.05, 3.63) is 32.8 Å². The highest BCUT2D eigenvalue weighted by Crippen LogP contribution is 2.26. The predicted octanol–water partition coefficient (Wildman–Crippen LogP) is 2.34. The molecule has 0 bridgehead atoms. The van der Waals surface area contributed by atoms with Crippen molar-refractivity contribution in [2.75, 3.05) is 13.6 Å². The molecule has 88 valence electrons. The second-order valence-corrected chi connectivity index (χ2v) is 4.30. The highest BCUT2D eigenvalue weighted by atomic mass is 79.9. The zero-order valence-electron chi connectivity index (χ0n) is 9.07. The Labute approximate surface area is 102 Å². The van der Waals surface area contributed by atoms with Crippen LogP contribution in [0.2, 0.25) is 0 Å². The lowest BCUT2D eigenvalue weighted by molar-refractivity contribution is -0.385. The third kappa shape index (κ3) is 3.79. The van der Waals surface area contributed by atoms with E-state index < -0.39 is 4.92 Å². The molecule has 0 saturated heterocycles. The number of nitro groups is 1. The van der Waals surface area contributed by atoms with Crippen LogP contribution in [0.5, 0.6) is 5.75 Å². The molecule has 1 atom stereocenters. The molecule has 1 aromatic carbocycles. The molecule has 0 fully saturated rings. The molecule has 16 heavy (non-hydrogen) atoms. The van der Waals surface area contributed by atoms with Crippen molar-refractivity contribution in [3.8, 4) is 5.75 Å². The first kappa shape index (κ1) is 12.9. The number of nitro benzene ring substituents is 1. The number of nitrogens with one attached hydrogen (secondary N) is 1. The fourth-order valence-corrected chi connectivity index (χ4v) is 1.74. The number of rotatable bonds is 5. The van der Waals surface area contributed by atoms with E-state index >= 15 is 0 Å². The molecule has 0 heterocycles. The second kappa shape index (κ2) is 5.81. The van der Waals surface area contributed by atoms with E-state index in [-0.39, 0.29) is 11.8 Å². The molecular formula is C10H13BrN2O3. The van der Waals surface area contributed by atoms with E-state index in [4.69, 9.17) is 4.74 Å². The van der Waals surface area contributed by atoms with Crippen LogP contribution in [0.3, 0.4) is 0 Å². The third-order valence-corrected chi connectivity index (χ3v) is 2.35. The molecule has 0 aliphatic heterocycles. The first-order chi connectivity index (χ1) is 7.52. The van der Waals surface area contributed by atoms with E-state index in [9.17, 15) is 10.1 Å². The first-order valence-corrected chi connectivity index (χ1v) is 5.58. The predicted molar refractivity (Wildman–Crippen MR) is 64.8 cm³/mol. The summed E-state index contributed by atoms with van der Waals surface area (Å²) in [6, 6.07) is 4.56. The first-order valence-electron chi connectivity index (χ1n) is 4.79. The van der Waals surface area contributed by atoms with Gasteiger partial charge in [-0.15, -0.1) is 0 Å². The molecule has 1 unspecified atom stereocenters. The maximum absolute atomic E-state index is 10.6. The number of likely N-dealkylation sites (N-methyl/N-ethyl adjacent to an activating group) is 1. The molecule has 1 rings (SSSR count). The number of halogens is 1. The van der Waals surface area contributed by atoms with Crippen LogP contribution in [0.15, 0.2) is 22.7 Å². The minimum atomic E-state index is -0.444. The molecule has 0 saturated carbocycles. The average molecular weight is 289 g/mol. The van der Waals surface area contributed by atoms with E-state index in [2.05, 4.69) is 21.2 Å². The van der Waals surface area contributed by atoms with Gasteiger partial charge in [-0.2, -0.15) is 0 Å². The van der Waals surface area contributed by atoms with Crippen LogP contribution in [0, 0.1) is 10.1 Å². The average Bonchev–Trinajstić information content (AvgIpc) is 2.16. The summed E-state index contributed by atoms with van der Waals surface area (Å²) in [5.74, 6) is 0.490. The van der Waals surface area contributed by atoms with Gasteiger partial charge in [-0.25, -0.2) is 0 Å². The van der Waals surface area contributed by atoms with E-state index in [1.165, 1.54) is 12.1 Å². The van der Waals surface area contributed by atoms with E-state index in [0.29, 0.717) is 16.8 Å². The largest absolute Gasteiger partial charge is 0.489 e. The van der Waals surface area contributed by atoms with Crippen molar-refractivity contribution in [2.45, 2.75) is 13.0 Å². The molecule has 0 aromatic heterocycles. The number of hydrogen-bond acceptors (Lipinski definition) is 4. The fourth-order valence-electron chi connectivity index (χ4n) is 1.28. The van der Waals surface area contributed by atoms with Gasteiger partial charge in [-0.3, -0.25) is 10.1 Å². The van der Waals surface area contributed by atoms with Crippen molar-refractivity contribution in [1.82, 2.24) is 5.32 Å². The lowest BCUT2D eigenvalue weighted by Crippen LogP contribution is -2.26. The Morgan fingerprint density at radius 2 is 2.25 bits per heavy atom. The van der Waals surface area contributed by atoms with Crippen LogP contribution < -0.4 is 10.1 Å². The highest BCUT2D eigenvalue weighted by Gasteiger charge is 2.11. The molecule has 0 aliphatic carbocycles. The topological polar surface area (TPSA) is 64.4 Å². The Bertz CT molecular complexity index is 384.